The standard InChI is InChI=1S/C11H10IN3O2/c16-10-2-1-8(11(17)14-10)15-9-5-12-4-3-7(9)6-13-15/h3-6,8H,1-2H2,(H,14,16,17). The highest BCUT2D eigenvalue weighted by Gasteiger charge is 2.30. The molecule has 1 aromatic rings. The number of hydrogen-bond acceptors (Lipinski definition) is 3. The number of amides is 2. The van der Waals surface area contributed by atoms with Crippen LogP contribution in [-0.4, -0.2) is 25.6 Å². The average molecular weight is 343 g/mol. The van der Waals surface area contributed by atoms with Crippen LogP contribution in [0.15, 0.2) is 10.3 Å². The van der Waals surface area contributed by atoms with E-state index in [1.54, 1.807) is 10.9 Å². The first-order valence-corrected chi connectivity index (χ1v) is 7.78. The van der Waals surface area contributed by atoms with Gasteiger partial charge >= 0.3 is 0 Å². The highest BCUT2D eigenvalue weighted by Crippen LogP contribution is 2.25. The predicted octanol–water partition coefficient (Wildman–Crippen LogP) is 0.966. The molecule has 3 rings (SSSR count). The van der Waals surface area contributed by atoms with Gasteiger partial charge in [-0.3, -0.25) is 19.6 Å². The van der Waals surface area contributed by atoms with Crippen molar-refractivity contribution in [1.82, 2.24) is 15.1 Å². The summed E-state index contributed by atoms with van der Waals surface area (Å²) in [5.74, 6) is -0.433. The summed E-state index contributed by atoms with van der Waals surface area (Å²) in [6.45, 7) is 0. The average Bonchev–Trinajstić information content (AvgIpc) is 2.73. The fraction of sp³-hybridized carbons (Fsp3) is 0.273. The van der Waals surface area contributed by atoms with Crippen molar-refractivity contribution in [3.63, 3.8) is 0 Å². The Bertz CT molecular complexity index is 559. The van der Waals surface area contributed by atoms with E-state index in [0.717, 1.165) is 11.3 Å². The van der Waals surface area contributed by atoms with Crippen molar-refractivity contribution in [2.75, 3.05) is 0 Å². The number of hydrogen-bond donors (Lipinski definition) is 1. The normalized spacial score (nSPS) is 22.9. The van der Waals surface area contributed by atoms with Crippen LogP contribution in [0.25, 0.3) is 6.08 Å². The van der Waals surface area contributed by atoms with Crippen LogP contribution in [0.3, 0.4) is 0 Å². The van der Waals surface area contributed by atoms with Crippen LogP contribution in [0.2, 0.25) is 0 Å². The van der Waals surface area contributed by atoms with E-state index in [4.69, 9.17) is 0 Å². The summed E-state index contributed by atoms with van der Waals surface area (Å²) >= 11 is -0.0761. The highest BCUT2D eigenvalue weighted by molar-refractivity contribution is 14.2. The molecule has 2 aliphatic heterocycles. The Morgan fingerprint density at radius 3 is 3.18 bits per heavy atom. The van der Waals surface area contributed by atoms with Gasteiger partial charge in [-0.05, 0) is 20.6 Å². The quantitative estimate of drug-likeness (QED) is 0.611. The molecule has 1 fully saturated rings. The Labute approximate surface area is 108 Å². The van der Waals surface area contributed by atoms with E-state index in [1.807, 2.05) is 0 Å². The van der Waals surface area contributed by atoms with Crippen LogP contribution in [-0.2, 0) is 9.59 Å². The number of carbonyl (C=O) groups excluding carboxylic acids is 2. The molecule has 1 N–H and O–H groups in total. The van der Waals surface area contributed by atoms with Crippen molar-refractivity contribution in [2.45, 2.75) is 18.9 Å². The lowest BCUT2D eigenvalue weighted by Gasteiger charge is -2.22. The summed E-state index contributed by atoms with van der Waals surface area (Å²) in [6.07, 6.45) is 4.75. The Balaban J connectivity index is 1.97. The number of imide groups is 1. The molecule has 88 valence electrons. The minimum atomic E-state index is -0.344. The Morgan fingerprint density at radius 1 is 1.47 bits per heavy atom. The molecule has 1 unspecified atom stereocenters. The van der Waals surface area contributed by atoms with E-state index in [0.29, 0.717) is 12.8 Å². The van der Waals surface area contributed by atoms with E-state index in [9.17, 15) is 9.59 Å². The van der Waals surface area contributed by atoms with Crippen LogP contribution in [0.5, 0.6) is 0 Å². The molecule has 2 amide bonds. The van der Waals surface area contributed by atoms with E-state index in [1.165, 1.54) is 0 Å². The van der Waals surface area contributed by atoms with Gasteiger partial charge in [0.1, 0.15) is 6.04 Å². The maximum Gasteiger partial charge on any atom is 0.251 e. The number of rotatable bonds is 1. The third kappa shape index (κ3) is 1.86. The Morgan fingerprint density at radius 2 is 2.35 bits per heavy atom. The van der Waals surface area contributed by atoms with Crippen molar-refractivity contribution in [3.8, 4) is 0 Å². The van der Waals surface area contributed by atoms with Crippen molar-refractivity contribution in [2.24, 2.45) is 0 Å². The maximum atomic E-state index is 11.8. The summed E-state index contributed by atoms with van der Waals surface area (Å²) in [5.41, 5.74) is 2.08. The van der Waals surface area contributed by atoms with Crippen molar-refractivity contribution in [3.05, 3.63) is 21.5 Å². The Kier molecular flexibility index (Phi) is 2.65. The number of piperidine rings is 1. The molecule has 17 heavy (non-hydrogen) atoms. The predicted molar refractivity (Wildman–Crippen MR) is 71.9 cm³/mol. The van der Waals surface area contributed by atoms with Gasteiger partial charge in [-0.2, -0.15) is 5.10 Å². The van der Waals surface area contributed by atoms with Crippen molar-refractivity contribution < 1.29 is 9.59 Å². The van der Waals surface area contributed by atoms with Gasteiger partial charge in [0, 0.05) is 12.0 Å². The molecule has 0 radical (unpaired) electrons. The third-order valence-electron chi connectivity index (χ3n) is 2.85. The van der Waals surface area contributed by atoms with Crippen LogP contribution in [0.1, 0.15) is 30.1 Å². The van der Waals surface area contributed by atoms with Gasteiger partial charge in [-0.15, -0.1) is 0 Å². The highest BCUT2D eigenvalue weighted by atomic mass is 127. The van der Waals surface area contributed by atoms with Crippen molar-refractivity contribution in [1.29, 1.82) is 0 Å². The molecule has 0 saturated carbocycles. The first-order valence-electron chi connectivity index (χ1n) is 5.28. The topological polar surface area (TPSA) is 64.0 Å². The SMILES string of the molecule is O=C1CCC(n2ncc3c2C=IC=C3)C(=O)N1. The van der Waals surface area contributed by atoms with Crippen LogP contribution < -0.4 is 5.32 Å². The lowest BCUT2D eigenvalue weighted by Crippen LogP contribution is -2.42. The third-order valence-corrected chi connectivity index (χ3v) is 4.58. The smallest absolute Gasteiger partial charge is 0.251 e. The first kappa shape index (κ1) is 10.8. The molecule has 1 atom stereocenters. The number of carbonyl (C=O) groups is 2. The molecule has 5 nitrogen and oxygen atoms in total. The summed E-state index contributed by atoms with van der Waals surface area (Å²) in [7, 11) is 0. The fourth-order valence-corrected chi connectivity index (χ4v) is 3.78. The van der Waals surface area contributed by atoms with Gasteiger partial charge in [0.05, 0.1) is 11.9 Å². The van der Waals surface area contributed by atoms with Crippen LogP contribution in [0.4, 0.5) is 0 Å². The zero-order valence-corrected chi connectivity index (χ0v) is 11.0. The molecule has 0 aliphatic carbocycles. The number of halogens is 1. The minimum Gasteiger partial charge on any atom is -0.295 e. The number of nitrogens with one attached hydrogen (secondary N) is 1. The van der Waals surface area contributed by atoms with Crippen LogP contribution in [0, 0.1) is 0 Å². The molecule has 0 aromatic carbocycles. The van der Waals surface area contributed by atoms with Crippen LogP contribution >= 0.6 is 20.7 Å². The second-order valence-corrected chi connectivity index (χ2v) is 5.99. The van der Waals surface area contributed by atoms with E-state index < -0.39 is 0 Å². The molecule has 0 spiro atoms. The second-order valence-electron chi connectivity index (χ2n) is 3.92. The molecule has 6 heteroatoms. The lowest BCUT2D eigenvalue weighted by atomic mass is 10.1. The van der Waals surface area contributed by atoms with Gasteiger partial charge < -0.3 is 0 Å². The summed E-state index contributed by atoms with van der Waals surface area (Å²) in [6, 6.07) is -0.344. The Hall–Kier alpha value is -1.31. The molecule has 3 heterocycles. The van der Waals surface area contributed by atoms with Gasteiger partial charge in [-0.1, -0.05) is 20.7 Å². The van der Waals surface area contributed by atoms with Gasteiger partial charge in [-0.25, -0.2) is 0 Å². The van der Waals surface area contributed by atoms with Gasteiger partial charge in [0.25, 0.3) is 5.91 Å². The summed E-state index contributed by atoms with van der Waals surface area (Å²) in [4.78, 5) is 22.9. The minimum absolute atomic E-state index is 0.0761. The molecular formula is C11H10IN3O2. The van der Waals surface area contributed by atoms with Crippen molar-refractivity contribution >= 4 is 42.6 Å². The molecule has 1 saturated heterocycles. The summed E-state index contributed by atoms with van der Waals surface area (Å²) in [5, 5.41) is 6.64. The lowest BCUT2D eigenvalue weighted by molar-refractivity contribution is -0.135. The van der Waals surface area contributed by atoms with Gasteiger partial charge in [0.2, 0.25) is 5.91 Å². The first-order chi connectivity index (χ1) is 8.25. The zero-order chi connectivity index (χ0) is 11.8. The molecule has 1 aromatic heterocycles. The molecule has 2 aliphatic rings. The van der Waals surface area contributed by atoms with Gasteiger partial charge in [0.15, 0.2) is 0 Å². The fourth-order valence-electron chi connectivity index (χ4n) is 1.99. The molecular weight excluding hydrogens is 333 g/mol. The second kappa shape index (κ2) is 4.17. The molecule has 0 bridgehead atoms. The zero-order valence-electron chi connectivity index (χ0n) is 8.89. The van der Waals surface area contributed by atoms with E-state index >= 15 is 0 Å². The maximum absolute atomic E-state index is 11.8. The monoisotopic (exact) mass is 343 g/mol. The van der Waals surface area contributed by atoms with E-state index in [2.05, 4.69) is 24.6 Å². The number of nitrogens with zero attached hydrogens (tertiary/aromatic N) is 2. The largest absolute Gasteiger partial charge is 0.295 e. The van der Waals surface area contributed by atoms with E-state index in [-0.39, 0.29) is 38.6 Å². The number of aromatic nitrogens is 2. The summed E-state index contributed by atoms with van der Waals surface area (Å²) < 4.78 is 6.07. The number of fused-ring (bicyclic) bond motifs is 1.